The summed E-state index contributed by atoms with van der Waals surface area (Å²) in [6.45, 7) is 3.67. The first-order valence-corrected chi connectivity index (χ1v) is 6.86. The monoisotopic (exact) mass is 247 g/mol. The Morgan fingerprint density at radius 3 is 2.60 bits per heavy atom. The predicted octanol–water partition coefficient (Wildman–Crippen LogP) is 2.04. The minimum atomic E-state index is -3.28. The van der Waals surface area contributed by atoms with Crippen molar-refractivity contribution in [2.75, 3.05) is 11.6 Å². The molecule has 15 heavy (non-hydrogen) atoms. The van der Waals surface area contributed by atoms with Crippen molar-refractivity contribution < 1.29 is 8.42 Å². The van der Waals surface area contributed by atoms with E-state index in [1.807, 2.05) is 6.92 Å². The molecule has 0 aliphatic rings. The van der Waals surface area contributed by atoms with E-state index in [0.717, 1.165) is 5.56 Å². The highest BCUT2D eigenvalue weighted by molar-refractivity contribution is 7.91. The quantitative estimate of drug-likeness (QED) is 0.765. The van der Waals surface area contributed by atoms with Crippen LogP contribution in [0.25, 0.3) is 0 Å². The van der Waals surface area contributed by atoms with E-state index < -0.39 is 9.84 Å². The first kappa shape index (κ1) is 12.5. The summed E-state index contributed by atoms with van der Waals surface area (Å²) in [5.74, 6) is 0.331. The number of rotatable bonds is 4. The maximum Gasteiger partial charge on any atom is 0.195 e. The number of halogens is 1. The molecule has 0 saturated carbocycles. The standard InChI is InChI=1S/C10H14ClNO2S/c1-8-3-4-10(12-6-8)15(13,14)7-9(2)5-11/h3-4,6,9H,5,7H2,1-2H3. The van der Waals surface area contributed by atoms with Gasteiger partial charge < -0.3 is 0 Å². The Labute approximate surface area is 95.4 Å². The van der Waals surface area contributed by atoms with E-state index >= 15 is 0 Å². The molecule has 1 unspecified atom stereocenters. The number of hydrogen-bond donors (Lipinski definition) is 0. The zero-order valence-corrected chi connectivity index (χ0v) is 10.3. The van der Waals surface area contributed by atoms with Crippen molar-refractivity contribution in [3.63, 3.8) is 0 Å². The highest BCUT2D eigenvalue weighted by Gasteiger charge is 2.18. The van der Waals surface area contributed by atoms with Gasteiger partial charge in [-0.05, 0) is 24.5 Å². The molecule has 3 nitrogen and oxygen atoms in total. The van der Waals surface area contributed by atoms with Gasteiger partial charge in [-0.2, -0.15) is 0 Å². The van der Waals surface area contributed by atoms with Gasteiger partial charge >= 0.3 is 0 Å². The van der Waals surface area contributed by atoms with Crippen LogP contribution in [-0.4, -0.2) is 25.0 Å². The maximum absolute atomic E-state index is 11.8. The SMILES string of the molecule is Cc1ccc(S(=O)(=O)CC(C)CCl)nc1. The van der Waals surface area contributed by atoms with Crippen molar-refractivity contribution in [1.82, 2.24) is 4.98 Å². The van der Waals surface area contributed by atoms with Crippen LogP contribution in [0.5, 0.6) is 0 Å². The van der Waals surface area contributed by atoms with Crippen molar-refractivity contribution in [2.24, 2.45) is 5.92 Å². The Balaban J connectivity index is 2.91. The third kappa shape index (κ3) is 3.47. The van der Waals surface area contributed by atoms with Crippen LogP contribution in [-0.2, 0) is 9.84 Å². The van der Waals surface area contributed by atoms with Crippen LogP contribution < -0.4 is 0 Å². The normalized spacial score (nSPS) is 13.8. The van der Waals surface area contributed by atoms with Gasteiger partial charge in [0, 0.05) is 12.1 Å². The second-order valence-electron chi connectivity index (χ2n) is 3.71. The lowest BCUT2D eigenvalue weighted by Crippen LogP contribution is -2.16. The van der Waals surface area contributed by atoms with Crippen molar-refractivity contribution in [3.8, 4) is 0 Å². The van der Waals surface area contributed by atoms with Gasteiger partial charge in [0.15, 0.2) is 14.9 Å². The lowest BCUT2D eigenvalue weighted by Gasteiger charge is -2.07. The molecule has 0 fully saturated rings. The predicted molar refractivity (Wildman–Crippen MR) is 60.9 cm³/mol. The second-order valence-corrected chi connectivity index (χ2v) is 6.00. The topological polar surface area (TPSA) is 47.0 Å². The van der Waals surface area contributed by atoms with Crippen molar-refractivity contribution in [1.29, 1.82) is 0 Å². The van der Waals surface area contributed by atoms with Gasteiger partial charge in [0.05, 0.1) is 5.75 Å². The molecule has 0 bridgehead atoms. The molecular weight excluding hydrogens is 234 g/mol. The summed E-state index contributed by atoms with van der Waals surface area (Å²) in [5, 5.41) is 0.130. The molecule has 0 aliphatic heterocycles. The molecule has 0 N–H and O–H groups in total. The Morgan fingerprint density at radius 1 is 1.47 bits per heavy atom. The van der Waals surface area contributed by atoms with Crippen molar-refractivity contribution >= 4 is 21.4 Å². The Hall–Kier alpha value is -0.610. The summed E-state index contributed by atoms with van der Waals surface area (Å²) in [7, 11) is -3.28. The molecular formula is C10H14ClNO2S. The van der Waals surface area contributed by atoms with E-state index in [1.165, 1.54) is 6.07 Å². The van der Waals surface area contributed by atoms with Gasteiger partial charge in [0.25, 0.3) is 0 Å². The molecule has 0 amide bonds. The van der Waals surface area contributed by atoms with Gasteiger partial charge in [-0.15, -0.1) is 11.6 Å². The summed E-state index contributed by atoms with van der Waals surface area (Å²) >= 11 is 5.59. The summed E-state index contributed by atoms with van der Waals surface area (Å²) in [6, 6.07) is 3.27. The molecule has 1 heterocycles. The molecule has 5 heteroatoms. The Bertz CT molecular complexity index is 414. The fourth-order valence-corrected chi connectivity index (χ4v) is 2.91. The average molecular weight is 248 g/mol. The number of nitrogens with zero attached hydrogens (tertiary/aromatic N) is 1. The van der Waals surface area contributed by atoms with Crippen LogP contribution in [0.2, 0.25) is 0 Å². The van der Waals surface area contributed by atoms with Gasteiger partial charge in [-0.3, -0.25) is 0 Å². The van der Waals surface area contributed by atoms with Crippen molar-refractivity contribution in [3.05, 3.63) is 23.9 Å². The third-order valence-corrected chi connectivity index (χ3v) is 4.38. The third-order valence-electron chi connectivity index (χ3n) is 1.97. The van der Waals surface area contributed by atoms with E-state index in [2.05, 4.69) is 4.98 Å². The molecule has 1 aromatic rings. The molecule has 1 aromatic heterocycles. The second kappa shape index (κ2) is 4.94. The fraction of sp³-hybridized carbons (Fsp3) is 0.500. The van der Waals surface area contributed by atoms with Crippen LogP contribution in [0.3, 0.4) is 0 Å². The molecule has 0 saturated heterocycles. The van der Waals surface area contributed by atoms with E-state index in [4.69, 9.17) is 11.6 Å². The van der Waals surface area contributed by atoms with E-state index in [0.29, 0.717) is 5.88 Å². The molecule has 0 aliphatic carbocycles. The summed E-state index contributed by atoms with van der Waals surface area (Å²) in [4.78, 5) is 3.91. The molecule has 0 aromatic carbocycles. The van der Waals surface area contributed by atoms with Gasteiger partial charge in [0.2, 0.25) is 0 Å². The van der Waals surface area contributed by atoms with E-state index in [1.54, 1.807) is 19.2 Å². The minimum absolute atomic E-state index is 0.0482. The van der Waals surface area contributed by atoms with E-state index in [-0.39, 0.29) is 16.7 Å². The maximum atomic E-state index is 11.8. The first-order chi connectivity index (χ1) is 6.95. The molecule has 84 valence electrons. The van der Waals surface area contributed by atoms with Gasteiger partial charge in [-0.1, -0.05) is 13.0 Å². The van der Waals surface area contributed by atoms with Gasteiger partial charge in [0.1, 0.15) is 0 Å². The fourth-order valence-electron chi connectivity index (χ4n) is 1.14. The first-order valence-electron chi connectivity index (χ1n) is 4.67. The summed E-state index contributed by atoms with van der Waals surface area (Å²) in [5.41, 5.74) is 0.944. The molecule has 0 spiro atoms. The molecule has 1 rings (SSSR count). The van der Waals surface area contributed by atoms with E-state index in [9.17, 15) is 8.42 Å². The highest BCUT2D eigenvalue weighted by atomic mass is 35.5. The number of alkyl halides is 1. The van der Waals surface area contributed by atoms with Gasteiger partial charge in [-0.25, -0.2) is 13.4 Å². The highest BCUT2D eigenvalue weighted by Crippen LogP contribution is 2.12. The average Bonchev–Trinajstić information content (AvgIpc) is 2.17. The number of hydrogen-bond acceptors (Lipinski definition) is 3. The zero-order chi connectivity index (χ0) is 11.5. The van der Waals surface area contributed by atoms with Crippen LogP contribution in [0.1, 0.15) is 12.5 Å². The lowest BCUT2D eigenvalue weighted by molar-refractivity contribution is 0.579. The summed E-state index contributed by atoms with van der Waals surface area (Å²) < 4.78 is 23.6. The number of sulfone groups is 1. The smallest absolute Gasteiger partial charge is 0.195 e. The Morgan fingerprint density at radius 2 is 2.13 bits per heavy atom. The van der Waals surface area contributed by atoms with Crippen LogP contribution in [0.15, 0.2) is 23.4 Å². The minimum Gasteiger partial charge on any atom is -0.244 e. The Kier molecular flexibility index (Phi) is 4.11. The van der Waals surface area contributed by atoms with Crippen molar-refractivity contribution in [2.45, 2.75) is 18.9 Å². The van der Waals surface area contributed by atoms with Crippen LogP contribution >= 0.6 is 11.6 Å². The number of pyridine rings is 1. The van der Waals surface area contributed by atoms with Crippen LogP contribution in [0.4, 0.5) is 0 Å². The lowest BCUT2D eigenvalue weighted by atomic mass is 10.3. The zero-order valence-electron chi connectivity index (χ0n) is 8.77. The largest absolute Gasteiger partial charge is 0.244 e. The number of aryl methyl sites for hydroxylation is 1. The molecule has 0 radical (unpaired) electrons. The van der Waals surface area contributed by atoms with Crippen LogP contribution in [0, 0.1) is 12.8 Å². The molecule has 1 atom stereocenters. The summed E-state index contributed by atoms with van der Waals surface area (Å²) in [6.07, 6.45) is 1.55. The number of aromatic nitrogens is 1.